The van der Waals surface area contributed by atoms with Gasteiger partial charge in [0.05, 0.1) is 11.4 Å². The van der Waals surface area contributed by atoms with E-state index in [1.807, 2.05) is 49.6 Å². The molecule has 2 aromatic carbocycles. The van der Waals surface area contributed by atoms with E-state index in [0.29, 0.717) is 16.5 Å². The van der Waals surface area contributed by atoms with Crippen molar-refractivity contribution in [1.82, 2.24) is 5.01 Å². The molecule has 4 N–H and O–H groups in total. The van der Waals surface area contributed by atoms with Gasteiger partial charge in [-0.2, -0.15) is 0 Å². The van der Waals surface area contributed by atoms with Gasteiger partial charge in [0.15, 0.2) is 0 Å². The lowest BCUT2D eigenvalue weighted by Crippen LogP contribution is -2.49. The van der Waals surface area contributed by atoms with Crippen molar-refractivity contribution >= 4 is 56.9 Å². The Labute approximate surface area is 172 Å². The number of halogens is 1. The van der Waals surface area contributed by atoms with Gasteiger partial charge in [0.1, 0.15) is 4.38 Å². The maximum atomic E-state index is 12.1. The number of hydrogen-bond donors (Lipinski definition) is 2. The zero-order valence-corrected chi connectivity index (χ0v) is 17.7. The van der Waals surface area contributed by atoms with E-state index in [9.17, 15) is 4.79 Å². The molecular formula is C18H22ClN5OS2. The number of urea groups is 1. The highest BCUT2D eigenvalue weighted by Gasteiger charge is 2.19. The Morgan fingerprint density at radius 1 is 1.19 bits per heavy atom. The maximum absolute atomic E-state index is 12.1. The van der Waals surface area contributed by atoms with Crippen LogP contribution in [0.3, 0.4) is 0 Å². The summed E-state index contributed by atoms with van der Waals surface area (Å²) in [6, 6.07) is 12.5. The predicted octanol–water partition coefficient (Wildman–Crippen LogP) is 4.54. The summed E-state index contributed by atoms with van der Waals surface area (Å²) in [6.07, 6.45) is 1.97. The van der Waals surface area contributed by atoms with Crippen LogP contribution < -0.4 is 16.7 Å². The molecule has 0 aromatic heterocycles. The van der Waals surface area contributed by atoms with Gasteiger partial charge in [0.2, 0.25) is 0 Å². The maximum Gasteiger partial charge on any atom is 0.352 e. The number of hydrazine groups is 2. The number of thioether (sulfide) groups is 2. The van der Waals surface area contributed by atoms with Crippen molar-refractivity contribution in [2.45, 2.75) is 12.7 Å². The van der Waals surface area contributed by atoms with Crippen LogP contribution in [0.4, 0.5) is 16.2 Å². The summed E-state index contributed by atoms with van der Waals surface area (Å²) in [5, 5.41) is 2.70. The van der Waals surface area contributed by atoms with Crippen LogP contribution in [0.1, 0.15) is 11.1 Å². The second kappa shape index (κ2) is 10.0. The number of benzene rings is 2. The van der Waals surface area contributed by atoms with Gasteiger partial charge in [-0.3, -0.25) is 5.01 Å². The van der Waals surface area contributed by atoms with Crippen LogP contribution in [0.2, 0.25) is 5.02 Å². The number of nitrogens with two attached hydrogens (primary N) is 2. The second-order valence-corrected chi connectivity index (χ2v) is 8.14. The fourth-order valence-corrected chi connectivity index (χ4v) is 4.05. The summed E-state index contributed by atoms with van der Waals surface area (Å²) in [4.78, 5) is 16.8. The van der Waals surface area contributed by atoms with Crippen LogP contribution in [-0.4, -0.2) is 28.7 Å². The van der Waals surface area contributed by atoms with Gasteiger partial charge in [-0.1, -0.05) is 35.5 Å². The summed E-state index contributed by atoms with van der Waals surface area (Å²) in [5.74, 6) is 12.1. The van der Waals surface area contributed by atoms with Crippen molar-refractivity contribution in [3.63, 3.8) is 0 Å². The van der Waals surface area contributed by atoms with Gasteiger partial charge in [-0.15, -0.1) is 11.8 Å². The SMILES string of the molecule is CSC(=Nc1ccc(Cl)cc1)SCc1c(C)cccc1N(N)C(=O)N(C)N. The minimum absolute atomic E-state index is 0.494. The minimum Gasteiger partial charge on any atom is -0.264 e. The number of anilines is 1. The molecule has 27 heavy (non-hydrogen) atoms. The van der Waals surface area contributed by atoms with Gasteiger partial charge in [0, 0.05) is 17.8 Å². The molecule has 0 aliphatic carbocycles. The average Bonchev–Trinajstić information content (AvgIpc) is 2.66. The van der Waals surface area contributed by atoms with Crippen LogP contribution in [0, 0.1) is 6.92 Å². The van der Waals surface area contributed by atoms with Crippen LogP contribution in [-0.2, 0) is 5.75 Å². The van der Waals surface area contributed by atoms with Crippen molar-refractivity contribution in [2.24, 2.45) is 16.7 Å². The van der Waals surface area contributed by atoms with Gasteiger partial charge < -0.3 is 0 Å². The van der Waals surface area contributed by atoms with Crippen molar-refractivity contribution in [1.29, 1.82) is 0 Å². The highest BCUT2D eigenvalue weighted by atomic mass is 35.5. The van der Waals surface area contributed by atoms with E-state index in [1.54, 1.807) is 29.6 Å². The van der Waals surface area contributed by atoms with Crippen LogP contribution in [0.5, 0.6) is 0 Å². The third-order valence-electron chi connectivity index (χ3n) is 3.71. The summed E-state index contributed by atoms with van der Waals surface area (Å²) < 4.78 is 0.900. The van der Waals surface area contributed by atoms with Crippen molar-refractivity contribution < 1.29 is 4.79 Å². The van der Waals surface area contributed by atoms with E-state index in [0.717, 1.165) is 31.2 Å². The Balaban J connectivity index is 2.23. The molecule has 0 spiro atoms. The molecular weight excluding hydrogens is 402 g/mol. The van der Waals surface area contributed by atoms with E-state index in [1.165, 1.54) is 7.05 Å². The Kier molecular flexibility index (Phi) is 8.00. The van der Waals surface area contributed by atoms with Crippen LogP contribution in [0.15, 0.2) is 47.5 Å². The molecule has 0 bridgehead atoms. The fourth-order valence-electron chi connectivity index (χ4n) is 2.27. The highest BCUT2D eigenvalue weighted by molar-refractivity contribution is 8.38. The number of aryl methyl sites for hydroxylation is 1. The first-order chi connectivity index (χ1) is 12.8. The summed E-state index contributed by atoms with van der Waals surface area (Å²) in [5.41, 5.74) is 3.45. The zero-order valence-electron chi connectivity index (χ0n) is 15.3. The van der Waals surface area contributed by atoms with Gasteiger partial charge in [0.25, 0.3) is 0 Å². The summed E-state index contributed by atoms with van der Waals surface area (Å²) in [7, 11) is 1.46. The molecule has 6 nitrogen and oxygen atoms in total. The smallest absolute Gasteiger partial charge is 0.264 e. The van der Waals surface area contributed by atoms with E-state index in [-0.39, 0.29) is 0 Å². The standard InChI is InChI=1S/C18H22ClN5OS2/c1-12-5-4-6-16(24(21)18(25)23(2)20)15(12)11-27-17(26-3)22-14-9-7-13(19)8-10-14/h4-10H,11,20-21H2,1-3H3. The van der Waals surface area contributed by atoms with Crippen molar-refractivity contribution in [3.8, 4) is 0 Å². The van der Waals surface area contributed by atoms with E-state index >= 15 is 0 Å². The highest BCUT2D eigenvalue weighted by Crippen LogP contribution is 2.30. The number of amides is 2. The molecule has 0 atom stereocenters. The Hall–Kier alpha value is -1.71. The first-order valence-electron chi connectivity index (χ1n) is 8.00. The predicted molar refractivity (Wildman–Crippen MR) is 119 cm³/mol. The number of rotatable bonds is 4. The molecule has 0 fully saturated rings. The quantitative estimate of drug-likeness (QED) is 0.248. The average molecular weight is 424 g/mol. The molecule has 0 radical (unpaired) electrons. The molecule has 0 heterocycles. The van der Waals surface area contributed by atoms with Gasteiger partial charge in [-0.05, 0) is 54.6 Å². The number of aliphatic imine (C=N–C) groups is 1. The third kappa shape index (κ3) is 5.88. The Bertz CT molecular complexity index is 827. The molecule has 0 saturated carbocycles. The third-order valence-corrected chi connectivity index (χ3v) is 6.03. The molecule has 2 amide bonds. The van der Waals surface area contributed by atoms with Crippen molar-refractivity contribution in [3.05, 3.63) is 58.6 Å². The summed E-state index contributed by atoms with van der Waals surface area (Å²) in [6.45, 7) is 1.99. The van der Waals surface area contributed by atoms with E-state index in [2.05, 4.69) is 4.99 Å². The molecule has 0 unspecified atom stereocenters. The normalized spacial score (nSPS) is 11.4. The largest absolute Gasteiger partial charge is 0.352 e. The van der Waals surface area contributed by atoms with Crippen LogP contribution >= 0.6 is 35.1 Å². The van der Waals surface area contributed by atoms with Crippen LogP contribution in [0.25, 0.3) is 0 Å². The van der Waals surface area contributed by atoms with E-state index < -0.39 is 6.03 Å². The zero-order chi connectivity index (χ0) is 20.0. The molecule has 2 aromatic rings. The molecule has 144 valence electrons. The minimum atomic E-state index is -0.494. The molecule has 2 rings (SSSR count). The number of carbonyl (C=O) groups is 1. The lowest BCUT2D eigenvalue weighted by atomic mass is 10.1. The lowest BCUT2D eigenvalue weighted by molar-refractivity contribution is 0.216. The topological polar surface area (TPSA) is 88.0 Å². The number of hydrogen-bond acceptors (Lipinski definition) is 6. The fraction of sp³-hybridized carbons (Fsp3) is 0.222. The number of nitrogens with zero attached hydrogens (tertiary/aromatic N) is 3. The van der Waals surface area contributed by atoms with E-state index in [4.69, 9.17) is 23.3 Å². The summed E-state index contributed by atoms with van der Waals surface area (Å²) >= 11 is 9.06. The van der Waals surface area contributed by atoms with Gasteiger partial charge in [-0.25, -0.2) is 26.5 Å². The molecule has 9 heteroatoms. The van der Waals surface area contributed by atoms with Gasteiger partial charge >= 0.3 is 6.03 Å². The molecule has 0 aliphatic heterocycles. The second-order valence-electron chi connectivity index (χ2n) is 5.68. The molecule has 0 aliphatic rings. The molecule has 0 saturated heterocycles. The van der Waals surface area contributed by atoms with Crippen molar-refractivity contribution in [2.75, 3.05) is 18.3 Å². The Morgan fingerprint density at radius 3 is 2.44 bits per heavy atom. The first-order valence-corrected chi connectivity index (χ1v) is 10.6. The Morgan fingerprint density at radius 2 is 1.85 bits per heavy atom. The lowest BCUT2D eigenvalue weighted by Gasteiger charge is -2.24. The first kappa shape index (κ1) is 21.6. The number of carbonyl (C=O) groups excluding carboxylic acids is 1. The monoisotopic (exact) mass is 423 g/mol.